The topological polar surface area (TPSA) is 83.8 Å². The van der Waals surface area contributed by atoms with Gasteiger partial charge in [0.25, 0.3) is 5.56 Å². The van der Waals surface area contributed by atoms with E-state index < -0.39 is 0 Å². The maximum absolute atomic E-state index is 12.8. The van der Waals surface area contributed by atoms with Crippen molar-refractivity contribution in [2.24, 2.45) is 0 Å². The summed E-state index contributed by atoms with van der Waals surface area (Å²) in [4.78, 5) is 20.3. The van der Waals surface area contributed by atoms with Crippen LogP contribution in [0.4, 0.5) is 0 Å². The molecular weight excluding hydrogens is 435 g/mol. The fourth-order valence-electron chi connectivity index (χ4n) is 3.17. The molecule has 0 atom stereocenters. The number of hydrogen-bond donors (Lipinski definition) is 2. The van der Waals surface area contributed by atoms with Gasteiger partial charge in [0, 0.05) is 11.4 Å². The first-order valence-electron chi connectivity index (χ1n) is 8.81. The average Bonchev–Trinajstić information content (AvgIpc) is 3.02. The number of hydrogen-bond acceptors (Lipinski definition) is 4. The second kappa shape index (κ2) is 7.71. The Morgan fingerprint density at radius 1 is 1.10 bits per heavy atom. The van der Waals surface area contributed by atoms with E-state index in [0.29, 0.717) is 56.1 Å². The molecule has 0 saturated heterocycles. The van der Waals surface area contributed by atoms with Crippen LogP contribution in [-0.4, -0.2) is 24.9 Å². The predicted octanol–water partition coefficient (Wildman–Crippen LogP) is 4.93. The van der Waals surface area contributed by atoms with E-state index in [1.807, 2.05) is 6.92 Å². The highest BCUT2D eigenvalue weighted by molar-refractivity contribution is 6.40. The lowest BCUT2D eigenvalue weighted by molar-refractivity contribution is 0.475. The van der Waals surface area contributed by atoms with Gasteiger partial charge in [-0.05, 0) is 36.2 Å². The number of aromatic amines is 1. The third-order valence-corrected chi connectivity index (χ3v) is 5.29. The molecule has 0 aliphatic rings. The van der Waals surface area contributed by atoms with E-state index in [4.69, 9.17) is 34.8 Å². The Labute approximate surface area is 180 Å². The molecular formula is C20H15Cl3N4O2. The number of benzene rings is 2. The average molecular weight is 450 g/mol. The lowest BCUT2D eigenvalue weighted by Gasteiger charge is -2.09. The highest BCUT2D eigenvalue weighted by Gasteiger charge is 2.20. The van der Waals surface area contributed by atoms with Gasteiger partial charge in [0.05, 0.1) is 15.7 Å². The second-order valence-corrected chi connectivity index (χ2v) is 7.74. The Morgan fingerprint density at radius 2 is 1.76 bits per heavy atom. The number of halogens is 3. The van der Waals surface area contributed by atoms with Crippen molar-refractivity contribution in [1.82, 2.24) is 19.7 Å². The van der Waals surface area contributed by atoms with Gasteiger partial charge >= 0.3 is 0 Å². The maximum atomic E-state index is 12.8. The first-order valence-corrected chi connectivity index (χ1v) is 9.94. The Bertz CT molecular complexity index is 1260. The molecule has 0 aliphatic heterocycles. The van der Waals surface area contributed by atoms with Crippen LogP contribution >= 0.6 is 34.8 Å². The van der Waals surface area contributed by atoms with Crippen LogP contribution in [0.1, 0.15) is 24.0 Å². The molecule has 29 heavy (non-hydrogen) atoms. The number of phenols is 1. The summed E-state index contributed by atoms with van der Waals surface area (Å²) < 4.78 is 1.49. The Morgan fingerprint density at radius 3 is 2.38 bits per heavy atom. The first-order chi connectivity index (χ1) is 13.9. The van der Waals surface area contributed by atoms with Crippen molar-refractivity contribution in [2.75, 3.05) is 0 Å². The number of rotatable bonds is 4. The van der Waals surface area contributed by atoms with Crippen LogP contribution in [0.3, 0.4) is 0 Å². The lowest BCUT2D eigenvalue weighted by Crippen LogP contribution is -2.13. The summed E-state index contributed by atoms with van der Waals surface area (Å²) in [5, 5.41) is 15.4. The van der Waals surface area contributed by atoms with Gasteiger partial charge in [-0.1, -0.05) is 53.9 Å². The van der Waals surface area contributed by atoms with Gasteiger partial charge in [0.2, 0.25) is 0 Å². The molecule has 0 unspecified atom stereocenters. The largest absolute Gasteiger partial charge is 0.508 e. The van der Waals surface area contributed by atoms with Crippen molar-refractivity contribution in [3.8, 4) is 11.4 Å². The molecule has 0 spiro atoms. The molecule has 4 rings (SSSR count). The maximum Gasteiger partial charge on any atom is 0.262 e. The van der Waals surface area contributed by atoms with E-state index in [-0.39, 0.29) is 11.3 Å². The van der Waals surface area contributed by atoms with Gasteiger partial charge in [-0.2, -0.15) is 5.10 Å². The van der Waals surface area contributed by atoms with Crippen molar-refractivity contribution in [2.45, 2.75) is 19.8 Å². The lowest BCUT2D eigenvalue weighted by atomic mass is 10.1. The summed E-state index contributed by atoms with van der Waals surface area (Å²) in [5.74, 6) is 0.626. The molecule has 2 N–H and O–H groups in total. The van der Waals surface area contributed by atoms with Crippen molar-refractivity contribution in [3.63, 3.8) is 0 Å². The molecule has 4 aromatic rings. The SMILES string of the molecule is CCc1nn(-c2c(Cl)cc(Cl)cc2Cl)c2nc(Cc3ccc(O)cc3)[nH]c(=O)c12. The second-order valence-electron chi connectivity index (χ2n) is 6.48. The highest BCUT2D eigenvalue weighted by atomic mass is 35.5. The minimum Gasteiger partial charge on any atom is -0.508 e. The van der Waals surface area contributed by atoms with Crippen molar-refractivity contribution >= 4 is 45.8 Å². The molecule has 2 aromatic carbocycles. The molecule has 0 aliphatic carbocycles. The van der Waals surface area contributed by atoms with Gasteiger partial charge in [-0.3, -0.25) is 4.79 Å². The predicted molar refractivity (Wildman–Crippen MR) is 115 cm³/mol. The van der Waals surface area contributed by atoms with Crippen LogP contribution in [-0.2, 0) is 12.8 Å². The van der Waals surface area contributed by atoms with Gasteiger partial charge in [0.15, 0.2) is 5.65 Å². The van der Waals surface area contributed by atoms with Crippen LogP contribution in [0.5, 0.6) is 5.75 Å². The van der Waals surface area contributed by atoms with Gasteiger partial charge in [-0.25, -0.2) is 9.67 Å². The normalized spacial score (nSPS) is 11.3. The summed E-state index contributed by atoms with van der Waals surface area (Å²) in [7, 11) is 0. The monoisotopic (exact) mass is 448 g/mol. The third-order valence-electron chi connectivity index (χ3n) is 4.50. The van der Waals surface area contributed by atoms with E-state index in [2.05, 4.69) is 15.1 Å². The zero-order chi connectivity index (χ0) is 20.7. The van der Waals surface area contributed by atoms with Gasteiger partial charge in [0.1, 0.15) is 22.6 Å². The number of aryl methyl sites for hydroxylation is 1. The van der Waals surface area contributed by atoms with E-state index in [0.717, 1.165) is 5.56 Å². The number of aromatic hydroxyl groups is 1. The zero-order valence-electron chi connectivity index (χ0n) is 15.2. The smallest absolute Gasteiger partial charge is 0.262 e. The number of phenolic OH excluding ortho intramolecular Hbond substituents is 1. The third kappa shape index (κ3) is 3.71. The summed E-state index contributed by atoms with van der Waals surface area (Å²) in [6, 6.07) is 9.82. The van der Waals surface area contributed by atoms with Crippen molar-refractivity contribution in [1.29, 1.82) is 0 Å². The zero-order valence-corrected chi connectivity index (χ0v) is 17.5. The molecule has 148 valence electrons. The van der Waals surface area contributed by atoms with Crippen LogP contribution in [0, 0.1) is 0 Å². The van der Waals surface area contributed by atoms with E-state index in [1.54, 1.807) is 36.4 Å². The molecule has 6 nitrogen and oxygen atoms in total. The van der Waals surface area contributed by atoms with E-state index in [9.17, 15) is 9.90 Å². The Hall–Kier alpha value is -2.54. The van der Waals surface area contributed by atoms with Crippen LogP contribution in [0.2, 0.25) is 15.1 Å². The number of nitrogens with one attached hydrogen (secondary N) is 1. The summed E-state index contributed by atoms with van der Waals surface area (Å²) in [6.45, 7) is 1.90. The van der Waals surface area contributed by atoms with E-state index >= 15 is 0 Å². The quantitative estimate of drug-likeness (QED) is 0.463. The fourth-order valence-corrected chi connectivity index (χ4v) is 4.15. The van der Waals surface area contributed by atoms with E-state index in [1.165, 1.54) is 4.68 Å². The fraction of sp³-hybridized carbons (Fsp3) is 0.150. The highest BCUT2D eigenvalue weighted by Crippen LogP contribution is 2.33. The summed E-state index contributed by atoms with van der Waals surface area (Å²) in [5.41, 5.74) is 1.97. The molecule has 0 saturated carbocycles. The van der Waals surface area contributed by atoms with Crippen LogP contribution in [0.25, 0.3) is 16.7 Å². The summed E-state index contributed by atoms with van der Waals surface area (Å²) in [6.07, 6.45) is 0.911. The van der Waals surface area contributed by atoms with Gasteiger partial charge in [-0.15, -0.1) is 0 Å². The number of aromatic nitrogens is 4. The number of fused-ring (bicyclic) bond motifs is 1. The molecule has 2 aromatic heterocycles. The minimum atomic E-state index is -0.284. The van der Waals surface area contributed by atoms with Crippen molar-refractivity contribution < 1.29 is 5.11 Å². The molecule has 0 radical (unpaired) electrons. The minimum absolute atomic E-state index is 0.170. The number of H-pyrrole nitrogens is 1. The molecule has 2 heterocycles. The number of nitrogens with zero attached hydrogens (tertiary/aromatic N) is 3. The molecule has 0 bridgehead atoms. The van der Waals surface area contributed by atoms with Crippen LogP contribution < -0.4 is 5.56 Å². The molecule has 9 heteroatoms. The molecule has 0 fully saturated rings. The van der Waals surface area contributed by atoms with Crippen LogP contribution in [0.15, 0.2) is 41.2 Å². The molecule has 0 amide bonds. The first kappa shape index (κ1) is 19.8. The Balaban J connectivity index is 1.93. The summed E-state index contributed by atoms with van der Waals surface area (Å²) >= 11 is 18.8. The standard InChI is InChI=1S/C20H15Cl3N4O2/c1-2-15-17-19(27(26-15)18-13(22)8-11(21)9-14(18)23)24-16(25-20(17)29)7-10-3-5-12(28)6-4-10/h3-6,8-9,28H,2,7H2,1H3,(H,24,25,29). The van der Waals surface area contributed by atoms with Crippen molar-refractivity contribution in [3.05, 3.63) is 78.9 Å². The Kier molecular flexibility index (Phi) is 5.25. The van der Waals surface area contributed by atoms with Gasteiger partial charge < -0.3 is 10.1 Å².